The number of guanidine groups is 1. The normalized spacial score (nSPS) is 16.7. The molecule has 1 unspecified atom stereocenters. The summed E-state index contributed by atoms with van der Waals surface area (Å²) >= 11 is 0. The third-order valence-corrected chi connectivity index (χ3v) is 4.90. The Kier molecular flexibility index (Phi) is 11.9. The van der Waals surface area contributed by atoms with E-state index in [0.717, 1.165) is 43.5 Å². The molecule has 0 bridgehead atoms. The van der Waals surface area contributed by atoms with E-state index < -0.39 is 0 Å². The highest BCUT2D eigenvalue weighted by molar-refractivity contribution is 14.0. The summed E-state index contributed by atoms with van der Waals surface area (Å²) in [5.41, 5.74) is 1.17. The minimum absolute atomic E-state index is 0. The number of nitrogens with zero attached hydrogens (tertiary/aromatic N) is 2. The van der Waals surface area contributed by atoms with Gasteiger partial charge < -0.3 is 25.4 Å². The Bertz CT molecular complexity index is 677. The number of carbonyl (C=O) groups is 1. The number of benzene rings is 1. The van der Waals surface area contributed by atoms with Gasteiger partial charge in [0, 0.05) is 57.8 Å². The maximum Gasteiger partial charge on any atom is 0.222 e. The second-order valence-corrected chi connectivity index (χ2v) is 7.53. The zero-order valence-corrected chi connectivity index (χ0v) is 21.0. The molecule has 1 heterocycles. The summed E-state index contributed by atoms with van der Waals surface area (Å²) in [6.07, 6.45) is 1.05. The summed E-state index contributed by atoms with van der Waals surface area (Å²) in [5, 5.41) is 9.63. The molecule has 3 N–H and O–H groups in total. The molecule has 1 saturated heterocycles. The number of likely N-dealkylation sites (tertiary alicyclic amines) is 1. The summed E-state index contributed by atoms with van der Waals surface area (Å²) in [6.45, 7) is 7.78. The minimum atomic E-state index is 0. The molecule has 1 aromatic carbocycles. The van der Waals surface area contributed by atoms with Crippen LogP contribution in [0.4, 0.5) is 0 Å². The number of nitrogens with one attached hydrogen (secondary N) is 3. The van der Waals surface area contributed by atoms with Crippen LogP contribution in [-0.2, 0) is 11.3 Å². The van der Waals surface area contributed by atoms with Crippen molar-refractivity contribution < 1.29 is 14.3 Å². The van der Waals surface area contributed by atoms with Crippen molar-refractivity contribution >= 4 is 35.8 Å². The van der Waals surface area contributed by atoms with E-state index >= 15 is 0 Å². The molecular formula is C21H36IN5O3. The Morgan fingerprint density at radius 1 is 1.17 bits per heavy atom. The first-order valence-corrected chi connectivity index (χ1v) is 10.1. The molecule has 1 amide bonds. The van der Waals surface area contributed by atoms with E-state index in [4.69, 9.17) is 9.47 Å². The van der Waals surface area contributed by atoms with Crippen LogP contribution in [0.25, 0.3) is 0 Å². The van der Waals surface area contributed by atoms with Crippen LogP contribution in [0.1, 0.15) is 25.8 Å². The summed E-state index contributed by atoms with van der Waals surface area (Å²) in [4.78, 5) is 18.3. The Morgan fingerprint density at radius 2 is 1.80 bits per heavy atom. The van der Waals surface area contributed by atoms with E-state index in [-0.39, 0.29) is 35.8 Å². The highest BCUT2D eigenvalue weighted by Gasteiger charge is 2.23. The van der Waals surface area contributed by atoms with Crippen molar-refractivity contribution in [1.29, 1.82) is 0 Å². The van der Waals surface area contributed by atoms with Crippen molar-refractivity contribution in [1.82, 2.24) is 20.9 Å². The number of methoxy groups -OCH3 is 2. The van der Waals surface area contributed by atoms with Gasteiger partial charge in [0.15, 0.2) is 5.96 Å². The fourth-order valence-electron chi connectivity index (χ4n) is 3.27. The molecule has 8 nitrogen and oxygen atoms in total. The van der Waals surface area contributed by atoms with Gasteiger partial charge in [0.05, 0.1) is 14.2 Å². The lowest BCUT2D eigenvalue weighted by Gasteiger charge is -2.19. The largest absolute Gasteiger partial charge is 0.497 e. The summed E-state index contributed by atoms with van der Waals surface area (Å²) in [6, 6.07) is 6.32. The monoisotopic (exact) mass is 533 g/mol. The predicted octanol–water partition coefficient (Wildman–Crippen LogP) is 1.83. The van der Waals surface area contributed by atoms with Crippen LogP contribution in [0, 0.1) is 5.92 Å². The first kappa shape index (κ1) is 26.3. The first-order chi connectivity index (χ1) is 13.9. The van der Waals surface area contributed by atoms with E-state index in [0.29, 0.717) is 19.1 Å². The van der Waals surface area contributed by atoms with Crippen molar-refractivity contribution in [2.24, 2.45) is 10.9 Å². The fourth-order valence-corrected chi connectivity index (χ4v) is 3.27. The SMILES string of the molecule is CN=C(NCCNC(=O)C(C)C)NC1CCN(Cc2cc(OC)cc(OC)c2)C1.I. The molecule has 0 aliphatic carbocycles. The molecule has 1 fully saturated rings. The molecule has 9 heteroatoms. The van der Waals surface area contributed by atoms with Crippen LogP contribution < -0.4 is 25.4 Å². The van der Waals surface area contributed by atoms with E-state index in [9.17, 15) is 4.79 Å². The van der Waals surface area contributed by atoms with Crippen molar-refractivity contribution in [3.05, 3.63) is 23.8 Å². The molecule has 2 rings (SSSR count). The third kappa shape index (κ3) is 8.55. The first-order valence-electron chi connectivity index (χ1n) is 10.1. The second-order valence-electron chi connectivity index (χ2n) is 7.53. The smallest absolute Gasteiger partial charge is 0.222 e. The van der Waals surface area contributed by atoms with Crippen LogP contribution in [0.2, 0.25) is 0 Å². The second kappa shape index (κ2) is 13.5. The number of hydrogen-bond donors (Lipinski definition) is 3. The van der Waals surface area contributed by atoms with Crippen LogP contribution in [0.3, 0.4) is 0 Å². The quantitative estimate of drug-likeness (QED) is 0.195. The maximum absolute atomic E-state index is 11.6. The molecule has 0 radical (unpaired) electrons. The Morgan fingerprint density at radius 3 is 2.37 bits per heavy atom. The molecule has 1 aliphatic rings. The van der Waals surface area contributed by atoms with Crippen molar-refractivity contribution in [3.8, 4) is 11.5 Å². The third-order valence-electron chi connectivity index (χ3n) is 4.90. The van der Waals surface area contributed by atoms with Gasteiger partial charge >= 0.3 is 0 Å². The summed E-state index contributed by atoms with van der Waals surface area (Å²) in [5.74, 6) is 2.44. The number of ether oxygens (including phenoxy) is 2. The topological polar surface area (TPSA) is 87.2 Å². The highest BCUT2D eigenvalue weighted by Crippen LogP contribution is 2.24. The van der Waals surface area contributed by atoms with Crippen molar-refractivity contribution in [3.63, 3.8) is 0 Å². The molecule has 30 heavy (non-hydrogen) atoms. The molecular weight excluding hydrogens is 497 g/mol. The molecule has 170 valence electrons. The molecule has 1 atom stereocenters. The molecule has 1 aromatic rings. The fraction of sp³-hybridized carbons (Fsp3) is 0.619. The van der Waals surface area contributed by atoms with Crippen LogP contribution in [-0.4, -0.2) is 70.3 Å². The molecule has 0 spiro atoms. The van der Waals surface area contributed by atoms with E-state index in [1.807, 2.05) is 19.9 Å². The lowest BCUT2D eigenvalue weighted by Crippen LogP contribution is -2.46. The van der Waals surface area contributed by atoms with Gasteiger partial charge in [-0.3, -0.25) is 14.7 Å². The lowest BCUT2D eigenvalue weighted by atomic mass is 10.2. The lowest BCUT2D eigenvalue weighted by molar-refractivity contribution is -0.123. The maximum atomic E-state index is 11.6. The number of hydrogen-bond acceptors (Lipinski definition) is 5. The number of carbonyl (C=O) groups excluding carboxylic acids is 1. The van der Waals surface area contributed by atoms with Crippen LogP contribution >= 0.6 is 24.0 Å². The molecule has 1 aliphatic heterocycles. The zero-order chi connectivity index (χ0) is 21.2. The van der Waals surface area contributed by atoms with E-state index in [2.05, 4.69) is 38.0 Å². The summed E-state index contributed by atoms with van der Waals surface area (Å²) in [7, 11) is 5.10. The average Bonchev–Trinajstić information content (AvgIpc) is 3.16. The number of halogens is 1. The summed E-state index contributed by atoms with van der Waals surface area (Å²) < 4.78 is 10.7. The van der Waals surface area contributed by atoms with Crippen LogP contribution in [0.15, 0.2) is 23.2 Å². The Balaban J connectivity index is 0.00000450. The molecule has 0 aromatic heterocycles. The highest BCUT2D eigenvalue weighted by atomic mass is 127. The van der Waals surface area contributed by atoms with Gasteiger partial charge in [0.1, 0.15) is 11.5 Å². The van der Waals surface area contributed by atoms with E-state index in [1.54, 1.807) is 21.3 Å². The average molecular weight is 533 g/mol. The van der Waals surface area contributed by atoms with Gasteiger partial charge in [0.25, 0.3) is 0 Å². The van der Waals surface area contributed by atoms with Crippen molar-refractivity contribution in [2.75, 3.05) is 47.4 Å². The Labute approximate surface area is 197 Å². The minimum Gasteiger partial charge on any atom is -0.497 e. The Hall–Kier alpha value is -1.75. The van der Waals surface area contributed by atoms with Gasteiger partial charge in [-0.25, -0.2) is 0 Å². The number of aliphatic imine (C=N–C) groups is 1. The predicted molar refractivity (Wildman–Crippen MR) is 131 cm³/mol. The molecule has 0 saturated carbocycles. The van der Waals surface area contributed by atoms with Gasteiger partial charge in [-0.1, -0.05) is 13.8 Å². The standard InChI is InChI=1S/C21H35N5O3.HI/c1-15(2)20(27)23-7-8-24-21(22-3)25-17-6-9-26(14-17)13-16-10-18(28-4)12-19(11-16)29-5;/h10-12,15,17H,6-9,13-14H2,1-5H3,(H,23,27)(H2,22,24,25);1H. The van der Waals surface area contributed by atoms with Gasteiger partial charge in [-0.2, -0.15) is 0 Å². The van der Waals surface area contributed by atoms with E-state index in [1.165, 1.54) is 5.56 Å². The van der Waals surface area contributed by atoms with Gasteiger partial charge in [0.2, 0.25) is 5.91 Å². The number of rotatable bonds is 9. The number of amides is 1. The zero-order valence-electron chi connectivity index (χ0n) is 18.7. The van der Waals surface area contributed by atoms with Gasteiger partial charge in [-0.05, 0) is 24.1 Å². The van der Waals surface area contributed by atoms with Gasteiger partial charge in [-0.15, -0.1) is 24.0 Å². The van der Waals surface area contributed by atoms with Crippen LogP contribution in [0.5, 0.6) is 11.5 Å². The van der Waals surface area contributed by atoms with Crippen molar-refractivity contribution in [2.45, 2.75) is 32.9 Å².